The molecule has 108 valence electrons. The highest BCUT2D eigenvalue weighted by Crippen LogP contribution is 2.27. The van der Waals surface area contributed by atoms with Gasteiger partial charge >= 0.3 is 0 Å². The second-order valence-electron chi connectivity index (χ2n) is 5.08. The average Bonchev–Trinajstić information content (AvgIpc) is 2.42. The first-order chi connectivity index (χ1) is 9.10. The van der Waals surface area contributed by atoms with E-state index in [-0.39, 0.29) is 12.6 Å². The summed E-state index contributed by atoms with van der Waals surface area (Å²) in [5.41, 5.74) is 1.11. The molecule has 4 heteroatoms. The van der Waals surface area contributed by atoms with Crippen LogP contribution < -0.4 is 14.8 Å². The molecule has 0 bridgehead atoms. The first-order valence-corrected chi connectivity index (χ1v) is 6.65. The van der Waals surface area contributed by atoms with Crippen molar-refractivity contribution < 1.29 is 14.6 Å². The minimum Gasteiger partial charge on any atom is -0.493 e. The van der Waals surface area contributed by atoms with Gasteiger partial charge in [-0.2, -0.15) is 0 Å². The monoisotopic (exact) mass is 267 g/mol. The Morgan fingerprint density at radius 3 is 2.37 bits per heavy atom. The lowest BCUT2D eigenvalue weighted by Crippen LogP contribution is -2.33. The van der Waals surface area contributed by atoms with Gasteiger partial charge in [-0.1, -0.05) is 19.9 Å². The third-order valence-corrected chi connectivity index (χ3v) is 3.02. The van der Waals surface area contributed by atoms with Crippen molar-refractivity contribution in [2.75, 3.05) is 20.8 Å². The van der Waals surface area contributed by atoms with Gasteiger partial charge in [0.15, 0.2) is 11.5 Å². The number of hydrogen-bond donors (Lipinski definition) is 2. The van der Waals surface area contributed by atoms with Crippen molar-refractivity contribution in [2.24, 2.45) is 5.92 Å². The molecule has 0 aromatic heterocycles. The lowest BCUT2D eigenvalue weighted by Gasteiger charge is -2.18. The molecule has 1 aromatic rings. The molecule has 1 atom stereocenters. The van der Waals surface area contributed by atoms with Crippen molar-refractivity contribution in [2.45, 2.75) is 32.9 Å². The molecule has 0 aliphatic rings. The Kier molecular flexibility index (Phi) is 6.67. The molecule has 19 heavy (non-hydrogen) atoms. The van der Waals surface area contributed by atoms with Gasteiger partial charge in [-0.15, -0.1) is 0 Å². The molecule has 0 aliphatic heterocycles. The molecular weight excluding hydrogens is 242 g/mol. The zero-order chi connectivity index (χ0) is 14.3. The first kappa shape index (κ1) is 15.8. The van der Waals surface area contributed by atoms with E-state index in [1.807, 2.05) is 18.2 Å². The van der Waals surface area contributed by atoms with E-state index in [4.69, 9.17) is 9.47 Å². The van der Waals surface area contributed by atoms with Gasteiger partial charge in [-0.3, -0.25) is 0 Å². The maximum Gasteiger partial charge on any atom is 0.161 e. The lowest BCUT2D eigenvalue weighted by atomic mass is 10.0. The fraction of sp³-hybridized carbons (Fsp3) is 0.600. The molecule has 2 N–H and O–H groups in total. The van der Waals surface area contributed by atoms with Crippen LogP contribution in [0.2, 0.25) is 0 Å². The summed E-state index contributed by atoms with van der Waals surface area (Å²) in [6.45, 7) is 5.17. The van der Waals surface area contributed by atoms with Crippen molar-refractivity contribution in [3.63, 3.8) is 0 Å². The number of aliphatic hydroxyl groups is 1. The van der Waals surface area contributed by atoms with E-state index in [0.29, 0.717) is 12.5 Å². The topological polar surface area (TPSA) is 50.7 Å². The molecular formula is C15H25NO3. The third-order valence-electron chi connectivity index (χ3n) is 3.02. The Morgan fingerprint density at radius 1 is 1.16 bits per heavy atom. The summed E-state index contributed by atoms with van der Waals surface area (Å²) in [6.07, 6.45) is 0.962. The van der Waals surface area contributed by atoms with Crippen LogP contribution in [0.4, 0.5) is 0 Å². The van der Waals surface area contributed by atoms with E-state index < -0.39 is 0 Å². The minimum absolute atomic E-state index is 0.132. The van der Waals surface area contributed by atoms with Gasteiger partial charge in [0.2, 0.25) is 0 Å². The highest BCUT2D eigenvalue weighted by Gasteiger charge is 2.10. The summed E-state index contributed by atoms with van der Waals surface area (Å²) in [5.74, 6) is 2.02. The zero-order valence-corrected chi connectivity index (χ0v) is 12.3. The fourth-order valence-electron chi connectivity index (χ4n) is 2.04. The summed E-state index contributed by atoms with van der Waals surface area (Å²) in [5, 5.41) is 12.7. The molecule has 0 fully saturated rings. The van der Waals surface area contributed by atoms with E-state index in [1.54, 1.807) is 14.2 Å². The van der Waals surface area contributed by atoms with Crippen molar-refractivity contribution in [3.8, 4) is 11.5 Å². The molecule has 0 saturated heterocycles. The summed E-state index contributed by atoms with van der Waals surface area (Å²) >= 11 is 0. The van der Waals surface area contributed by atoms with Crippen LogP contribution in [0, 0.1) is 5.92 Å². The molecule has 0 radical (unpaired) electrons. The SMILES string of the molecule is COc1ccc(CNC(CO)CC(C)C)cc1OC. The van der Waals surface area contributed by atoms with Crippen LogP contribution in [0.25, 0.3) is 0 Å². The third kappa shape index (κ3) is 5.09. The number of aliphatic hydroxyl groups excluding tert-OH is 1. The number of hydrogen-bond acceptors (Lipinski definition) is 4. The molecule has 0 heterocycles. The number of benzene rings is 1. The predicted octanol–water partition coefficient (Wildman–Crippen LogP) is 2.20. The normalized spacial score (nSPS) is 12.5. The van der Waals surface area contributed by atoms with Crippen LogP contribution in [0.3, 0.4) is 0 Å². The molecule has 0 saturated carbocycles. The highest BCUT2D eigenvalue weighted by molar-refractivity contribution is 5.42. The van der Waals surface area contributed by atoms with Gasteiger partial charge in [0.05, 0.1) is 20.8 Å². The Labute approximate surface area is 115 Å². The smallest absolute Gasteiger partial charge is 0.161 e. The molecule has 0 spiro atoms. The van der Waals surface area contributed by atoms with Gasteiger partial charge in [-0.25, -0.2) is 0 Å². The Morgan fingerprint density at radius 2 is 1.84 bits per heavy atom. The van der Waals surface area contributed by atoms with E-state index in [2.05, 4.69) is 19.2 Å². The summed E-state index contributed by atoms with van der Waals surface area (Å²) in [6, 6.07) is 5.98. The molecule has 1 rings (SSSR count). The second kappa shape index (κ2) is 8.02. The average molecular weight is 267 g/mol. The van der Waals surface area contributed by atoms with E-state index >= 15 is 0 Å². The van der Waals surface area contributed by atoms with Gasteiger partial charge in [-0.05, 0) is 30.0 Å². The number of rotatable bonds is 8. The minimum atomic E-state index is 0.132. The van der Waals surface area contributed by atoms with Crippen LogP contribution >= 0.6 is 0 Å². The first-order valence-electron chi connectivity index (χ1n) is 6.65. The van der Waals surface area contributed by atoms with Gasteiger partial charge in [0.1, 0.15) is 0 Å². The summed E-state index contributed by atoms with van der Waals surface area (Å²) < 4.78 is 10.5. The van der Waals surface area contributed by atoms with Crippen molar-refractivity contribution in [1.29, 1.82) is 0 Å². The summed E-state index contributed by atoms with van der Waals surface area (Å²) in [4.78, 5) is 0. The predicted molar refractivity (Wildman–Crippen MR) is 76.7 cm³/mol. The standard InChI is InChI=1S/C15H25NO3/c1-11(2)7-13(10-17)16-9-12-5-6-14(18-3)15(8-12)19-4/h5-6,8,11,13,16-17H,7,9-10H2,1-4H3. The van der Waals surface area contributed by atoms with Gasteiger partial charge in [0, 0.05) is 12.6 Å². The van der Waals surface area contributed by atoms with Crippen LogP contribution in [-0.4, -0.2) is 32.0 Å². The second-order valence-corrected chi connectivity index (χ2v) is 5.08. The van der Waals surface area contributed by atoms with Gasteiger partial charge < -0.3 is 19.9 Å². The van der Waals surface area contributed by atoms with Crippen LogP contribution in [0.5, 0.6) is 11.5 Å². The maximum atomic E-state index is 9.33. The fourth-order valence-corrected chi connectivity index (χ4v) is 2.04. The Balaban J connectivity index is 2.61. The van der Waals surface area contributed by atoms with Crippen molar-refractivity contribution in [1.82, 2.24) is 5.32 Å². The van der Waals surface area contributed by atoms with Crippen LogP contribution in [0.15, 0.2) is 18.2 Å². The van der Waals surface area contributed by atoms with Crippen LogP contribution in [0.1, 0.15) is 25.8 Å². The number of ether oxygens (including phenoxy) is 2. The highest BCUT2D eigenvalue weighted by atomic mass is 16.5. The maximum absolute atomic E-state index is 9.33. The van der Waals surface area contributed by atoms with Crippen molar-refractivity contribution in [3.05, 3.63) is 23.8 Å². The van der Waals surface area contributed by atoms with E-state index in [1.165, 1.54) is 0 Å². The molecule has 0 aliphatic carbocycles. The molecule has 4 nitrogen and oxygen atoms in total. The summed E-state index contributed by atoms with van der Waals surface area (Å²) in [7, 11) is 3.25. The van der Waals surface area contributed by atoms with Crippen molar-refractivity contribution >= 4 is 0 Å². The molecule has 1 unspecified atom stereocenters. The van der Waals surface area contributed by atoms with Gasteiger partial charge in [0.25, 0.3) is 0 Å². The Bertz CT molecular complexity index is 380. The Hall–Kier alpha value is -1.26. The van der Waals surface area contributed by atoms with Crippen LogP contribution in [-0.2, 0) is 6.54 Å². The van der Waals surface area contributed by atoms with E-state index in [0.717, 1.165) is 23.5 Å². The van der Waals surface area contributed by atoms with E-state index in [9.17, 15) is 5.11 Å². The largest absolute Gasteiger partial charge is 0.493 e. The number of methoxy groups -OCH3 is 2. The molecule has 1 aromatic carbocycles. The zero-order valence-electron chi connectivity index (χ0n) is 12.3. The molecule has 0 amide bonds. The lowest BCUT2D eigenvalue weighted by molar-refractivity contribution is 0.223. The quantitative estimate of drug-likeness (QED) is 0.758. The number of nitrogens with one attached hydrogen (secondary N) is 1.